The maximum Gasteiger partial charge on any atom is 0.300 e. The highest BCUT2D eigenvalue weighted by atomic mass is 35.5. The SMILES string of the molecule is CCc1ccc(/C(O)=C2\C(=O)C(=O)N(c3cccc(Cl)c3)C2c2ccc(N(CC)CC)cc2)cc1. The van der Waals surface area contributed by atoms with E-state index >= 15 is 0 Å². The van der Waals surface area contributed by atoms with E-state index in [-0.39, 0.29) is 11.3 Å². The Kier molecular flexibility index (Phi) is 7.27. The van der Waals surface area contributed by atoms with Crippen LogP contribution in [0.5, 0.6) is 0 Å². The Morgan fingerprint density at radius 3 is 2.17 bits per heavy atom. The van der Waals surface area contributed by atoms with Crippen molar-refractivity contribution in [1.29, 1.82) is 0 Å². The van der Waals surface area contributed by atoms with Crippen LogP contribution in [-0.2, 0) is 16.0 Å². The third-order valence-electron chi connectivity index (χ3n) is 6.50. The Morgan fingerprint density at radius 2 is 1.60 bits per heavy atom. The molecule has 0 aliphatic carbocycles. The molecule has 5 nitrogen and oxygen atoms in total. The van der Waals surface area contributed by atoms with E-state index in [2.05, 4.69) is 18.7 Å². The van der Waals surface area contributed by atoms with Gasteiger partial charge in [0.05, 0.1) is 11.6 Å². The first-order chi connectivity index (χ1) is 16.9. The second-order valence-electron chi connectivity index (χ2n) is 8.46. The molecule has 1 heterocycles. The third-order valence-corrected chi connectivity index (χ3v) is 6.74. The van der Waals surface area contributed by atoms with Crippen molar-refractivity contribution in [2.45, 2.75) is 33.2 Å². The van der Waals surface area contributed by atoms with Crippen LogP contribution < -0.4 is 9.80 Å². The highest BCUT2D eigenvalue weighted by molar-refractivity contribution is 6.51. The average molecular weight is 489 g/mol. The number of nitrogens with zero attached hydrogens (tertiary/aromatic N) is 2. The second-order valence-corrected chi connectivity index (χ2v) is 8.90. The lowest BCUT2D eigenvalue weighted by atomic mass is 9.94. The number of rotatable bonds is 7. The molecule has 1 aliphatic rings. The molecular weight excluding hydrogens is 460 g/mol. The first-order valence-electron chi connectivity index (χ1n) is 11.9. The van der Waals surface area contributed by atoms with Crippen LogP contribution in [0.3, 0.4) is 0 Å². The summed E-state index contributed by atoms with van der Waals surface area (Å²) in [6.45, 7) is 7.97. The van der Waals surface area contributed by atoms with Crippen molar-refractivity contribution in [2.24, 2.45) is 0 Å². The topological polar surface area (TPSA) is 60.9 Å². The van der Waals surface area contributed by atoms with Crippen LogP contribution in [0.25, 0.3) is 5.76 Å². The number of benzene rings is 3. The number of amides is 1. The van der Waals surface area contributed by atoms with Gasteiger partial charge >= 0.3 is 0 Å². The van der Waals surface area contributed by atoms with E-state index in [1.165, 1.54) is 4.90 Å². The van der Waals surface area contributed by atoms with E-state index in [9.17, 15) is 14.7 Å². The Balaban J connectivity index is 1.88. The van der Waals surface area contributed by atoms with Crippen LogP contribution in [0.1, 0.15) is 43.5 Å². The molecule has 4 rings (SSSR count). The number of halogens is 1. The normalized spacial score (nSPS) is 17.1. The molecule has 0 saturated carbocycles. The van der Waals surface area contributed by atoms with Gasteiger partial charge in [-0.3, -0.25) is 14.5 Å². The number of anilines is 2. The highest BCUT2D eigenvalue weighted by Gasteiger charge is 2.47. The maximum atomic E-state index is 13.3. The molecule has 1 atom stereocenters. The van der Waals surface area contributed by atoms with Crippen molar-refractivity contribution in [1.82, 2.24) is 0 Å². The first-order valence-corrected chi connectivity index (χ1v) is 12.3. The van der Waals surface area contributed by atoms with Crippen molar-refractivity contribution < 1.29 is 14.7 Å². The number of aliphatic hydroxyl groups excluding tert-OH is 1. The van der Waals surface area contributed by atoms with Crippen LogP contribution in [0.2, 0.25) is 5.02 Å². The number of hydrogen-bond acceptors (Lipinski definition) is 4. The smallest absolute Gasteiger partial charge is 0.300 e. The Bertz CT molecular complexity index is 1260. The number of Topliss-reactive ketones (excluding diaryl/α,β-unsaturated/α-hetero) is 1. The molecule has 1 N–H and O–H groups in total. The lowest BCUT2D eigenvalue weighted by molar-refractivity contribution is -0.132. The van der Waals surface area contributed by atoms with Gasteiger partial charge in [-0.1, -0.05) is 61.0 Å². The number of aliphatic hydroxyl groups is 1. The van der Waals surface area contributed by atoms with Crippen molar-refractivity contribution in [3.8, 4) is 0 Å². The van der Waals surface area contributed by atoms with Gasteiger partial charge in [-0.25, -0.2) is 0 Å². The molecule has 1 saturated heterocycles. The van der Waals surface area contributed by atoms with Crippen LogP contribution in [-0.4, -0.2) is 29.9 Å². The molecule has 35 heavy (non-hydrogen) atoms. The fourth-order valence-corrected chi connectivity index (χ4v) is 4.73. The van der Waals surface area contributed by atoms with Crippen LogP contribution >= 0.6 is 11.6 Å². The van der Waals surface area contributed by atoms with E-state index in [1.54, 1.807) is 36.4 Å². The summed E-state index contributed by atoms with van der Waals surface area (Å²) >= 11 is 6.22. The highest BCUT2D eigenvalue weighted by Crippen LogP contribution is 2.43. The molecule has 1 amide bonds. The summed E-state index contributed by atoms with van der Waals surface area (Å²) in [5, 5.41) is 11.7. The zero-order valence-electron chi connectivity index (χ0n) is 20.2. The summed E-state index contributed by atoms with van der Waals surface area (Å²) in [4.78, 5) is 30.2. The minimum Gasteiger partial charge on any atom is -0.507 e. The van der Waals surface area contributed by atoms with E-state index in [4.69, 9.17) is 11.6 Å². The largest absolute Gasteiger partial charge is 0.507 e. The van der Waals surface area contributed by atoms with Gasteiger partial charge in [-0.05, 0) is 61.7 Å². The van der Waals surface area contributed by atoms with Gasteiger partial charge in [0.2, 0.25) is 0 Å². The van der Waals surface area contributed by atoms with E-state index in [1.807, 2.05) is 43.3 Å². The van der Waals surface area contributed by atoms with Crippen LogP contribution in [0, 0.1) is 0 Å². The van der Waals surface area contributed by atoms with Gasteiger partial charge in [-0.15, -0.1) is 0 Å². The van der Waals surface area contributed by atoms with E-state index < -0.39 is 17.7 Å². The number of carbonyl (C=O) groups excluding carboxylic acids is 2. The zero-order valence-corrected chi connectivity index (χ0v) is 20.9. The molecule has 1 fully saturated rings. The van der Waals surface area contributed by atoms with Gasteiger partial charge in [0, 0.05) is 35.1 Å². The standard InChI is InChI=1S/C29H29ClN2O3/c1-4-19-10-12-21(13-11-19)27(33)25-26(20-14-16-23(17-15-20)31(5-2)6-3)32(29(35)28(25)34)24-9-7-8-22(30)18-24/h7-18,26,33H,4-6H2,1-3H3/b27-25+. The third kappa shape index (κ3) is 4.69. The Labute approximate surface area is 211 Å². The van der Waals surface area contributed by atoms with E-state index in [0.29, 0.717) is 16.3 Å². The summed E-state index contributed by atoms with van der Waals surface area (Å²) in [5.41, 5.74) is 3.95. The molecule has 3 aromatic carbocycles. The van der Waals surface area contributed by atoms with Gasteiger partial charge < -0.3 is 10.0 Å². The molecular formula is C29H29ClN2O3. The molecule has 6 heteroatoms. The van der Waals surface area contributed by atoms with Crippen molar-refractivity contribution in [3.63, 3.8) is 0 Å². The summed E-state index contributed by atoms with van der Waals surface area (Å²) in [6.07, 6.45) is 0.860. The number of carbonyl (C=O) groups is 2. The lowest BCUT2D eigenvalue weighted by Gasteiger charge is -2.27. The maximum absolute atomic E-state index is 13.3. The second kappa shape index (κ2) is 10.4. The van der Waals surface area contributed by atoms with Gasteiger partial charge in [-0.2, -0.15) is 0 Å². The van der Waals surface area contributed by atoms with Gasteiger partial charge in [0.15, 0.2) is 0 Å². The number of aryl methyl sites for hydroxylation is 1. The summed E-state index contributed by atoms with van der Waals surface area (Å²) < 4.78 is 0. The summed E-state index contributed by atoms with van der Waals surface area (Å²) in [5.74, 6) is -1.61. The average Bonchev–Trinajstić information content (AvgIpc) is 3.15. The predicted molar refractivity (Wildman–Crippen MR) is 142 cm³/mol. The summed E-state index contributed by atoms with van der Waals surface area (Å²) in [6, 6.07) is 21.2. The Morgan fingerprint density at radius 1 is 0.943 bits per heavy atom. The first kappa shape index (κ1) is 24.6. The molecule has 0 spiro atoms. The van der Waals surface area contributed by atoms with Crippen molar-refractivity contribution in [2.75, 3.05) is 22.9 Å². The molecule has 0 radical (unpaired) electrons. The molecule has 0 bridgehead atoms. The predicted octanol–water partition coefficient (Wildman–Crippen LogP) is 6.37. The summed E-state index contributed by atoms with van der Waals surface area (Å²) in [7, 11) is 0. The molecule has 0 aromatic heterocycles. The fraction of sp³-hybridized carbons (Fsp3) is 0.241. The lowest BCUT2D eigenvalue weighted by Crippen LogP contribution is -2.29. The fourth-order valence-electron chi connectivity index (χ4n) is 4.55. The Hall–Kier alpha value is -3.57. The van der Waals surface area contributed by atoms with Crippen molar-refractivity contribution >= 4 is 40.4 Å². The minimum absolute atomic E-state index is 0.0646. The zero-order chi connectivity index (χ0) is 25.1. The monoisotopic (exact) mass is 488 g/mol. The molecule has 3 aromatic rings. The quantitative estimate of drug-likeness (QED) is 0.238. The van der Waals surface area contributed by atoms with E-state index in [0.717, 1.165) is 36.3 Å². The molecule has 1 aliphatic heterocycles. The van der Waals surface area contributed by atoms with Crippen molar-refractivity contribution in [3.05, 3.63) is 100 Å². The van der Waals surface area contributed by atoms with Gasteiger partial charge in [0.1, 0.15) is 5.76 Å². The number of ketones is 1. The molecule has 180 valence electrons. The van der Waals surface area contributed by atoms with Gasteiger partial charge in [0.25, 0.3) is 11.7 Å². The van der Waals surface area contributed by atoms with Crippen LogP contribution in [0.15, 0.2) is 78.4 Å². The molecule has 1 unspecified atom stereocenters. The number of hydrogen-bond donors (Lipinski definition) is 1. The minimum atomic E-state index is -0.787. The van der Waals surface area contributed by atoms with Crippen LogP contribution in [0.4, 0.5) is 11.4 Å².